The zero-order valence-corrected chi connectivity index (χ0v) is 58.5. The lowest BCUT2D eigenvalue weighted by molar-refractivity contribution is -0.136. The number of unbranched alkanes of at least 4 members (excludes halogenated alkanes) is 1. The van der Waals surface area contributed by atoms with Gasteiger partial charge in [-0.05, 0) is 98.9 Å². The quantitative estimate of drug-likeness (QED) is 0.0217. The number of hydrogen-bond acceptors (Lipinski definition) is 19. The van der Waals surface area contributed by atoms with Crippen molar-refractivity contribution in [2.75, 3.05) is 43.1 Å². The van der Waals surface area contributed by atoms with Gasteiger partial charge >= 0.3 is 12.1 Å². The van der Waals surface area contributed by atoms with Crippen molar-refractivity contribution in [2.45, 2.75) is 152 Å². The largest absolute Gasteiger partial charge is 0.445 e. The van der Waals surface area contributed by atoms with Crippen molar-refractivity contribution < 1.29 is 72.8 Å². The van der Waals surface area contributed by atoms with Gasteiger partial charge in [-0.2, -0.15) is 0 Å². The molecule has 2 unspecified atom stereocenters. The number of alkyl carbamates (subject to hydrolysis) is 1. The molecule has 0 saturated carbocycles. The van der Waals surface area contributed by atoms with Gasteiger partial charge in [-0.3, -0.25) is 43.2 Å². The maximum atomic E-state index is 15.1. The summed E-state index contributed by atoms with van der Waals surface area (Å²) >= 11 is 0. The second kappa shape index (κ2) is 41.4. The molecule has 2 heterocycles. The normalized spacial score (nSPS) is 19.9. The van der Waals surface area contributed by atoms with Crippen LogP contribution in [-0.4, -0.2) is 190 Å². The van der Waals surface area contributed by atoms with E-state index in [1.807, 2.05) is 18.2 Å². The lowest BCUT2D eigenvalue weighted by atomic mass is 10.0. The Hall–Kier alpha value is -9.31. The van der Waals surface area contributed by atoms with Crippen LogP contribution in [0, 0.1) is 11.8 Å². The highest BCUT2D eigenvalue weighted by molar-refractivity contribution is 8.76. The van der Waals surface area contributed by atoms with E-state index in [4.69, 9.17) is 21.9 Å². The molecule has 32 heteroatoms. The summed E-state index contributed by atoms with van der Waals surface area (Å²) in [5.74, 6) is -8.90. The summed E-state index contributed by atoms with van der Waals surface area (Å²) in [4.78, 5) is 157. The summed E-state index contributed by atoms with van der Waals surface area (Å²) < 4.78 is 5.60. The van der Waals surface area contributed by atoms with E-state index in [1.165, 1.54) is 13.8 Å². The van der Waals surface area contributed by atoms with Crippen LogP contribution in [0.1, 0.15) is 82.1 Å². The van der Waals surface area contributed by atoms with Gasteiger partial charge in [0.2, 0.25) is 53.2 Å². The maximum absolute atomic E-state index is 15.1. The Labute approximate surface area is 593 Å². The molecular weight excluding hydrogens is 1340 g/mol. The molecule has 12 atom stereocenters. The number of aromatic nitrogens is 1. The number of fused-ring (bicyclic) bond motifs is 1. The van der Waals surface area contributed by atoms with Gasteiger partial charge in [-0.15, -0.1) is 0 Å². The van der Waals surface area contributed by atoms with Crippen molar-refractivity contribution in [3.63, 3.8) is 0 Å². The first-order valence-corrected chi connectivity index (χ1v) is 35.9. The Balaban J connectivity index is 1.29. The predicted molar refractivity (Wildman–Crippen MR) is 382 cm³/mol. The van der Waals surface area contributed by atoms with Gasteiger partial charge < -0.3 is 101 Å². The molecule has 0 spiro atoms. The minimum Gasteiger partial charge on any atom is -0.445 e. The number of nitrogens with two attached hydrogens (primary N) is 3. The van der Waals surface area contributed by atoms with Crippen LogP contribution in [0.5, 0.6) is 0 Å². The first kappa shape index (κ1) is 80.7. The lowest BCUT2D eigenvalue weighted by Gasteiger charge is -2.29. The van der Waals surface area contributed by atoms with Crippen molar-refractivity contribution >= 4 is 103 Å². The molecule has 21 N–H and O–H groups in total. The number of H-pyrrole nitrogens is 1. The predicted octanol–water partition coefficient (Wildman–Crippen LogP) is 0.265. The monoisotopic (exact) mass is 1440 g/mol. The summed E-state index contributed by atoms with van der Waals surface area (Å²) in [6, 6.07) is 18.4. The van der Waals surface area contributed by atoms with Gasteiger partial charge in [-0.25, -0.2) is 9.59 Å². The molecule has 0 aliphatic carbocycles. The lowest BCUT2D eigenvalue weighted by Crippen LogP contribution is -2.62. The Morgan fingerprint density at radius 2 is 1.26 bits per heavy atom. The number of ether oxygens (including phenoxy) is 1. The van der Waals surface area contributed by atoms with Crippen molar-refractivity contribution in [3.05, 3.63) is 138 Å². The fourth-order valence-corrected chi connectivity index (χ4v) is 13.0. The molecule has 0 bridgehead atoms. The maximum Gasteiger partial charge on any atom is 0.408 e. The molecule has 5 aromatic rings. The van der Waals surface area contributed by atoms with E-state index in [0.29, 0.717) is 47.2 Å². The number of nitrogens with one attached hydrogen (secondary N) is 12. The molecule has 30 nitrogen and oxygen atoms in total. The van der Waals surface area contributed by atoms with Crippen LogP contribution in [0.2, 0.25) is 0 Å². The summed E-state index contributed by atoms with van der Waals surface area (Å²) in [7, 11) is 2.03. The van der Waals surface area contributed by atoms with E-state index in [0.717, 1.165) is 32.5 Å². The topological polar surface area (TPSA) is 484 Å². The Morgan fingerprint density at radius 1 is 0.634 bits per heavy atom. The number of aliphatic hydroxyl groups excluding tert-OH is 3. The molecule has 1 saturated heterocycles. The van der Waals surface area contributed by atoms with Crippen LogP contribution in [0.3, 0.4) is 0 Å². The van der Waals surface area contributed by atoms with Crippen LogP contribution < -0.4 is 75.7 Å². The standard InChI is InChI=1S/C69H95N15O15S2/c1-39(2)57(71)66(95)78-51(23-15-29-73-68(72)97)61(90)76-47-26-24-44(25-27-47)36-99-69(98)83-52(30-42-16-7-5-8-17-42)60(89)75-34-46-37-100-101-38-56(65(94)81-55(35-85)40(3)86)82-67(96)58(41(4)87)84-62(91)50(22-13-14-28-70)77-64(93)54(32-45-33-74-49-21-12-11-20-48(45)49)80-63(92)53(79-59(46)88)31-43-18-9-6-10-19-43/h5-12,16-21,24-27,33,39-41,46,50-58,74,85-87H,13-15,22-23,28-32,34-38,70-71H2,1-4H3,(H,75,89)(H,76,90)(H,77,93)(H,78,95)(H,79,88)(H,80,92)(H,81,94)(H,82,96)(H,83,98)(H,84,91)(H3,72,73,97)/t40-,41-,46?,50+,51+,52-,53+,54-,55-,56+,57+,58?/m1/s1. The van der Waals surface area contributed by atoms with Crippen LogP contribution in [-0.2, 0) is 73.8 Å². The molecule has 1 aromatic heterocycles. The van der Waals surface area contributed by atoms with Crippen molar-refractivity contribution in [2.24, 2.45) is 29.0 Å². The van der Waals surface area contributed by atoms with E-state index in [9.17, 15) is 58.5 Å². The summed E-state index contributed by atoms with van der Waals surface area (Å²) in [5.41, 5.74) is 20.5. The molecular formula is C69H95N15O15S2. The van der Waals surface area contributed by atoms with Gasteiger partial charge in [-0.1, -0.05) is 126 Å². The van der Waals surface area contributed by atoms with E-state index < -0.39 is 151 Å². The van der Waals surface area contributed by atoms with Crippen LogP contribution >= 0.6 is 21.6 Å². The zero-order chi connectivity index (χ0) is 73.5. The molecule has 0 radical (unpaired) electrons. The van der Waals surface area contributed by atoms with E-state index in [-0.39, 0.29) is 69.2 Å². The first-order valence-electron chi connectivity index (χ1n) is 33.4. The summed E-state index contributed by atoms with van der Waals surface area (Å²) in [6.07, 6.45) is -1.32. The number of carbonyl (C=O) groups is 11. The molecule has 101 heavy (non-hydrogen) atoms. The van der Waals surface area contributed by atoms with E-state index in [1.54, 1.807) is 111 Å². The van der Waals surface area contributed by atoms with Crippen LogP contribution in [0.15, 0.2) is 115 Å². The van der Waals surface area contributed by atoms with Crippen molar-refractivity contribution in [1.82, 2.24) is 58.2 Å². The minimum absolute atomic E-state index is 0.0126. The highest BCUT2D eigenvalue weighted by atomic mass is 33.1. The Kier molecular flexibility index (Phi) is 33.1. The number of aliphatic hydroxyl groups is 3. The number of hydrogen-bond donors (Lipinski definition) is 18. The average molecular weight is 1440 g/mol. The number of amides is 12. The molecule has 548 valence electrons. The number of urea groups is 1. The molecule has 1 aliphatic rings. The fourth-order valence-electron chi connectivity index (χ4n) is 10.6. The van der Waals surface area contributed by atoms with Gasteiger partial charge in [0.25, 0.3) is 0 Å². The number of primary amides is 1. The zero-order valence-electron chi connectivity index (χ0n) is 56.9. The number of rotatable bonds is 30. The van der Waals surface area contributed by atoms with E-state index >= 15 is 9.59 Å². The Bertz CT molecular complexity index is 3560. The van der Waals surface area contributed by atoms with Gasteiger partial charge in [0.05, 0.1) is 36.8 Å². The third kappa shape index (κ3) is 26.6. The number of aromatic amines is 1. The van der Waals surface area contributed by atoms with Crippen molar-refractivity contribution in [3.8, 4) is 0 Å². The first-order chi connectivity index (χ1) is 48.3. The van der Waals surface area contributed by atoms with Gasteiger partial charge in [0.1, 0.15) is 48.9 Å². The van der Waals surface area contributed by atoms with Gasteiger partial charge in [0.15, 0.2) is 0 Å². The minimum atomic E-state index is -1.73. The van der Waals surface area contributed by atoms with Crippen LogP contribution in [0.4, 0.5) is 15.3 Å². The number of anilines is 1. The smallest absolute Gasteiger partial charge is 0.408 e. The fraction of sp³-hybridized carbons (Fsp3) is 0.464. The van der Waals surface area contributed by atoms with Gasteiger partial charge in [0, 0.05) is 66.6 Å². The summed E-state index contributed by atoms with van der Waals surface area (Å²) in [5, 5.41) is 61.7. The number of carbonyl (C=O) groups excluding carboxylic acids is 11. The number of para-hydroxylation sites is 1. The molecule has 6 rings (SSSR count). The second-order valence-corrected chi connectivity index (χ2v) is 27.5. The third-order valence-corrected chi connectivity index (χ3v) is 19.1. The SMILES string of the molecule is CC(C)[C@H](N)C(=O)N[C@@H](CCCNC(N)=O)C(=O)Nc1ccc(COC(=O)N[C@H](Cc2ccccc2)C(=O)NCC2CSSC[C@@H](C(=O)N[C@H](CO)[C@@H](C)O)NC(=O)C([C@@H](C)O)NC(=O)[C@H](CCCCN)NC(=O)[C@@H](Cc3c[nH]c4ccccc34)NC(=O)[C@H](Cc3ccccc3)NC2=O)cc1. The molecule has 4 aromatic carbocycles. The Morgan fingerprint density at radius 3 is 1.90 bits per heavy atom. The highest BCUT2D eigenvalue weighted by Crippen LogP contribution is 2.26. The molecule has 1 aliphatic heterocycles. The third-order valence-electron chi connectivity index (χ3n) is 16.6. The molecule has 1 fully saturated rings. The summed E-state index contributed by atoms with van der Waals surface area (Å²) in [6.45, 7) is 5.05. The molecule has 12 amide bonds. The van der Waals surface area contributed by atoms with Crippen LogP contribution in [0.25, 0.3) is 10.9 Å². The van der Waals surface area contributed by atoms with Crippen molar-refractivity contribution in [1.29, 1.82) is 0 Å². The van der Waals surface area contributed by atoms with E-state index in [2.05, 4.69) is 63.5 Å². The average Bonchev–Trinajstić information content (AvgIpc) is 1.74. The highest BCUT2D eigenvalue weighted by Gasteiger charge is 2.37. The number of benzene rings is 4. The second-order valence-electron chi connectivity index (χ2n) is 25.0.